The van der Waals surface area contributed by atoms with Crippen LogP contribution >= 0.6 is 0 Å². The summed E-state index contributed by atoms with van der Waals surface area (Å²) in [7, 11) is 0. The van der Waals surface area contributed by atoms with Gasteiger partial charge in [0.05, 0.1) is 6.10 Å². The molecular weight excluding hydrogens is 212 g/mol. The lowest BCUT2D eigenvalue weighted by atomic mass is 9.77. The van der Waals surface area contributed by atoms with E-state index < -0.39 is 12.2 Å². The first-order chi connectivity index (χ1) is 7.88. The molecule has 3 atom stereocenters. The summed E-state index contributed by atoms with van der Waals surface area (Å²) in [6.07, 6.45) is 3.81. The molecule has 96 valence electrons. The molecule has 0 aliphatic heterocycles. The normalized spacial score (nSPS) is 38.2. The third-order valence-electron chi connectivity index (χ3n) is 4.57. The van der Waals surface area contributed by atoms with E-state index in [1.807, 2.05) is 0 Å². The Balaban J connectivity index is 2.48. The van der Waals surface area contributed by atoms with Crippen molar-refractivity contribution in [3.05, 3.63) is 22.8 Å². The summed E-state index contributed by atoms with van der Waals surface area (Å²) in [6, 6.07) is 0. The van der Waals surface area contributed by atoms with Crippen LogP contribution in [0.3, 0.4) is 0 Å². The van der Waals surface area contributed by atoms with Gasteiger partial charge in [-0.2, -0.15) is 0 Å². The van der Waals surface area contributed by atoms with Crippen LogP contribution in [-0.2, 0) is 0 Å². The number of fused-ring (bicyclic) bond motifs is 1. The number of aliphatic hydroxyl groups excluding tert-OH is 2. The molecule has 0 radical (unpaired) electrons. The van der Waals surface area contributed by atoms with Gasteiger partial charge in [0.25, 0.3) is 0 Å². The number of allylic oxidation sites excluding steroid dienone is 2. The van der Waals surface area contributed by atoms with Crippen molar-refractivity contribution in [1.29, 1.82) is 0 Å². The topological polar surface area (TPSA) is 40.5 Å². The van der Waals surface area contributed by atoms with Gasteiger partial charge in [-0.15, -0.1) is 0 Å². The molecule has 2 aliphatic rings. The molecule has 2 heteroatoms. The highest BCUT2D eigenvalue weighted by atomic mass is 16.3. The maximum atomic E-state index is 10.4. The summed E-state index contributed by atoms with van der Waals surface area (Å²) in [4.78, 5) is 0. The molecule has 2 aliphatic carbocycles. The molecule has 0 saturated carbocycles. The Hall–Kier alpha value is -0.600. The van der Waals surface area contributed by atoms with Crippen molar-refractivity contribution in [2.75, 3.05) is 0 Å². The minimum Gasteiger partial charge on any atom is -0.389 e. The summed E-state index contributed by atoms with van der Waals surface area (Å²) in [6.45, 7) is 8.47. The van der Waals surface area contributed by atoms with Crippen molar-refractivity contribution >= 4 is 0 Å². The molecule has 0 saturated heterocycles. The maximum Gasteiger partial charge on any atom is 0.102 e. The van der Waals surface area contributed by atoms with Crippen LogP contribution in [-0.4, -0.2) is 22.4 Å². The van der Waals surface area contributed by atoms with E-state index in [1.165, 1.54) is 11.1 Å². The van der Waals surface area contributed by atoms with Crippen LogP contribution in [0.5, 0.6) is 0 Å². The molecule has 0 heterocycles. The number of hydrogen-bond donors (Lipinski definition) is 2. The second-order valence-electron chi connectivity index (χ2n) is 6.15. The molecule has 17 heavy (non-hydrogen) atoms. The Kier molecular flexibility index (Phi) is 3.21. The van der Waals surface area contributed by atoms with Gasteiger partial charge in [0.1, 0.15) is 6.10 Å². The Morgan fingerprint density at radius 2 is 1.94 bits per heavy atom. The highest BCUT2D eigenvalue weighted by Gasteiger charge is 2.49. The van der Waals surface area contributed by atoms with E-state index in [9.17, 15) is 10.2 Å². The largest absolute Gasteiger partial charge is 0.389 e. The van der Waals surface area contributed by atoms with E-state index in [0.29, 0.717) is 5.92 Å². The van der Waals surface area contributed by atoms with E-state index in [-0.39, 0.29) is 5.41 Å². The van der Waals surface area contributed by atoms with Crippen LogP contribution in [0, 0.1) is 11.3 Å². The smallest absolute Gasteiger partial charge is 0.102 e. The van der Waals surface area contributed by atoms with Gasteiger partial charge in [0.15, 0.2) is 0 Å². The van der Waals surface area contributed by atoms with Gasteiger partial charge in [-0.25, -0.2) is 0 Å². The van der Waals surface area contributed by atoms with Gasteiger partial charge in [0.2, 0.25) is 0 Å². The quantitative estimate of drug-likeness (QED) is 0.687. The minimum absolute atomic E-state index is 0.253. The molecule has 2 N–H and O–H groups in total. The molecule has 0 spiro atoms. The van der Waals surface area contributed by atoms with Crippen LogP contribution < -0.4 is 0 Å². The summed E-state index contributed by atoms with van der Waals surface area (Å²) in [5.74, 6) is 0.315. The fourth-order valence-corrected chi connectivity index (χ4v) is 3.38. The van der Waals surface area contributed by atoms with Crippen molar-refractivity contribution in [1.82, 2.24) is 0 Å². The average Bonchev–Trinajstić information content (AvgIpc) is 2.38. The number of rotatable bonds is 1. The molecule has 0 aromatic rings. The zero-order valence-electron chi connectivity index (χ0n) is 11.3. The van der Waals surface area contributed by atoms with E-state index in [1.54, 1.807) is 0 Å². The summed E-state index contributed by atoms with van der Waals surface area (Å²) < 4.78 is 0. The van der Waals surface area contributed by atoms with Crippen molar-refractivity contribution < 1.29 is 10.2 Å². The average molecular weight is 236 g/mol. The van der Waals surface area contributed by atoms with Crippen molar-refractivity contribution in [2.45, 2.75) is 59.2 Å². The number of aliphatic hydroxyl groups is 2. The standard InChI is InChI=1S/C15H24O2/c1-9(2)12-11-6-5-10(3)7-8-15(11,4)14(17)13(12)16/h7,9,13-14,16-17H,5-6,8H2,1-4H3/t13-,14-,15-/m0/s1. The Morgan fingerprint density at radius 1 is 1.29 bits per heavy atom. The van der Waals surface area contributed by atoms with Crippen LogP contribution in [0.1, 0.15) is 47.0 Å². The molecule has 0 fully saturated rings. The first-order valence-corrected chi connectivity index (χ1v) is 6.63. The van der Waals surface area contributed by atoms with Gasteiger partial charge >= 0.3 is 0 Å². The van der Waals surface area contributed by atoms with E-state index in [0.717, 1.165) is 24.8 Å². The third-order valence-corrected chi connectivity index (χ3v) is 4.57. The monoisotopic (exact) mass is 236 g/mol. The second-order valence-corrected chi connectivity index (χ2v) is 6.15. The fraction of sp³-hybridized carbons (Fsp3) is 0.733. The second kappa shape index (κ2) is 4.25. The van der Waals surface area contributed by atoms with Crippen LogP contribution in [0.4, 0.5) is 0 Å². The SMILES string of the molecule is CC1=CC[C@@]2(C)C(=C(C(C)C)[C@H](O)[C@@H]2O)CC1. The first-order valence-electron chi connectivity index (χ1n) is 6.63. The van der Waals surface area contributed by atoms with Crippen molar-refractivity contribution in [2.24, 2.45) is 11.3 Å². The first kappa shape index (κ1) is 12.8. The zero-order chi connectivity index (χ0) is 12.8. The molecule has 0 aromatic heterocycles. The van der Waals surface area contributed by atoms with Gasteiger partial charge in [-0.3, -0.25) is 0 Å². The lowest BCUT2D eigenvalue weighted by Gasteiger charge is -2.30. The van der Waals surface area contributed by atoms with E-state index in [4.69, 9.17) is 0 Å². The van der Waals surface area contributed by atoms with Crippen molar-refractivity contribution in [3.63, 3.8) is 0 Å². The molecule has 0 amide bonds. The van der Waals surface area contributed by atoms with Gasteiger partial charge < -0.3 is 10.2 Å². The Bertz CT molecular complexity index is 378. The fourth-order valence-electron chi connectivity index (χ4n) is 3.38. The minimum atomic E-state index is -0.665. The van der Waals surface area contributed by atoms with Gasteiger partial charge in [0, 0.05) is 5.41 Å². The lowest BCUT2D eigenvalue weighted by molar-refractivity contribution is -0.00941. The van der Waals surface area contributed by atoms with E-state index >= 15 is 0 Å². The Morgan fingerprint density at radius 3 is 2.53 bits per heavy atom. The summed E-state index contributed by atoms with van der Waals surface area (Å²) in [5, 5.41) is 20.6. The van der Waals surface area contributed by atoms with Crippen LogP contribution in [0.2, 0.25) is 0 Å². The van der Waals surface area contributed by atoms with E-state index in [2.05, 4.69) is 33.8 Å². The van der Waals surface area contributed by atoms with Crippen molar-refractivity contribution in [3.8, 4) is 0 Å². The predicted molar refractivity (Wildman–Crippen MR) is 69.6 cm³/mol. The van der Waals surface area contributed by atoms with Gasteiger partial charge in [-0.1, -0.05) is 38.0 Å². The van der Waals surface area contributed by atoms with Crippen LogP contribution in [0.25, 0.3) is 0 Å². The summed E-state index contributed by atoms with van der Waals surface area (Å²) in [5.41, 5.74) is 3.54. The molecule has 0 unspecified atom stereocenters. The third kappa shape index (κ3) is 1.88. The van der Waals surface area contributed by atoms with Crippen LogP contribution in [0.15, 0.2) is 22.8 Å². The molecule has 0 bridgehead atoms. The molecule has 2 nitrogen and oxygen atoms in total. The molecule has 0 aromatic carbocycles. The predicted octanol–water partition coefficient (Wildman–Crippen LogP) is 2.81. The summed E-state index contributed by atoms with van der Waals surface area (Å²) >= 11 is 0. The Labute approximate surface area is 104 Å². The number of hydrogen-bond acceptors (Lipinski definition) is 2. The molecule has 2 rings (SSSR count). The highest BCUT2D eigenvalue weighted by molar-refractivity contribution is 5.38. The van der Waals surface area contributed by atoms with Gasteiger partial charge in [-0.05, 0) is 37.7 Å². The zero-order valence-corrected chi connectivity index (χ0v) is 11.3. The maximum absolute atomic E-state index is 10.4. The molecular formula is C15H24O2. The lowest BCUT2D eigenvalue weighted by Crippen LogP contribution is -2.36. The highest BCUT2D eigenvalue weighted by Crippen LogP contribution is 2.51.